The van der Waals surface area contributed by atoms with Gasteiger partial charge in [0.2, 0.25) is 0 Å². The molecule has 0 aliphatic heterocycles. The smallest absolute Gasteiger partial charge is 0.139 e. The van der Waals surface area contributed by atoms with Crippen molar-refractivity contribution in [2.24, 2.45) is 5.92 Å². The maximum absolute atomic E-state index is 6.31. The van der Waals surface area contributed by atoms with Crippen molar-refractivity contribution in [3.05, 3.63) is 27.7 Å². The average molecular weight is 354 g/mol. The van der Waals surface area contributed by atoms with Crippen LogP contribution in [0, 0.1) is 5.92 Å². The minimum absolute atomic E-state index is 0.220. The Labute approximate surface area is 128 Å². The molecule has 0 aliphatic rings. The molecule has 0 aromatic heterocycles. The second-order valence-electron chi connectivity index (χ2n) is 4.40. The Kier molecular flexibility index (Phi) is 6.83. The summed E-state index contributed by atoms with van der Waals surface area (Å²) in [5.74, 6) is 1.16. The molecule has 1 aromatic rings. The Morgan fingerprint density at radius 2 is 1.89 bits per heavy atom. The normalized spacial score (nSPS) is 14.3. The molecule has 18 heavy (non-hydrogen) atoms. The number of hydrogen-bond donors (Lipinski definition) is 0. The van der Waals surface area contributed by atoms with Crippen molar-refractivity contribution in [1.29, 1.82) is 0 Å². The summed E-state index contributed by atoms with van der Waals surface area (Å²) in [5, 5.41) is 1.32. The van der Waals surface area contributed by atoms with Crippen LogP contribution in [-0.2, 0) is 0 Å². The fourth-order valence-electron chi connectivity index (χ4n) is 1.93. The van der Waals surface area contributed by atoms with Crippen molar-refractivity contribution in [1.82, 2.24) is 0 Å². The molecule has 0 amide bonds. The van der Waals surface area contributed by atoms with E-state index >= 15 is 0 Å². The van der Waals surface area contributed by atoms with Gasteiger partial charge in [-0.15, -0.1) is 0 Å². The van der Waals surface area contributed by atoms with E-state index < -0.39 is 0 Å². The molecule has 0 spiro atoms. The van der Waals surface area contributed by atoms with Crippen molar-refractivity contribution < 1.29 is 4.74 Å². The Balaban J connectivity index is 2.99. The van der Waals surface area contributed by atoms with E-state index in [9.17, 15) is 0 Å². The van der Waals surface area contributed by atoms with Crippen molar-refractivity contribution in [3.8, 4) is 5.75 Å². The van der Waals surface area contributed by atoms with Gasteiger partial charge < -0.3 is 4.74 Å². The lowest BCUT2D eigenvalue weighted by molar-refractivity contribution is 0.340. The van der Waals surface area contributed by atoms with E-state index in [2.05, 4.69) is 29.8 Å². The maximum Gasteiger partial charge on any atom is 0.139 e. The molecule has 0 heterocycles. The van der Waals surface area contributed by atoms with Crippen LogP contribution < -0.4 is 4.74 Å². The third-order valence-corrected chi connectivity index (χ3v) is 4.91. The summed E-state index contributed by atoms with van der Waals surface area (Å²) in [5.41, 5.74) is 1.03. The number of halogens is 3. The fourth-order valence-corrected chi connectivity index (χ4v) is 3.20. The van der Waals surface area contributed by atoms with Gasteiger partial charge in [0.1, 0.15) is 5.75 Å². The molecule has 2 atom stereocenters. The quantitative estimate of drug-likeness (QED) is 0.548. The Morgan fingerprint density at radius 3 is 2.44 bits per heavy atom. The third-order valence-electron chi connectivity index (χ3n) is 2.89. The van der Waals surface area contributed by atoms with Crippen LogP contribution in [0.2, 0.25) is 10.0 Å². The third kappa shape index (κ3) is 4.04. The van der Waals surface area contributed by atoms with Crippen LogP contribution in [0.25, 0.3) is 0 Å². The molecule has 0 radical (unpaired) electrons. The standard InChI is InChI=1S/C14H19BrCl2O/c1-4-6-9(3)14(15)10-7-12(17)13(18-5-2)8-11(10)16/h7-9,14H,4-6H2,1-3H3. The number of benzene rings is 1. The summed E-state index contributed by atoms with van der Waals surface area (Å²) in [4.78, 5) is 0.220. The molecule has 2 unspecified atom stereocenters. The Hall–Kier alpha value is 0.0800. The van der Waals surface area contributed by atoms with Gasteiger partial charge in [-0.05, 0) is 30.9 Å². The lowest BCUT2D eigenvalue weighted by Gasteiger charge is -2.20. The van der Waals surface area contributed by atoms with Gasteiger partial charge in [-0.1, -0.05) is 59.4 Å². The molecule has 0 fully saturated rings. The molecule has 102 valence electrons. The first-order chi connectivity index (χ1) is 8.51. The molecular formula is C14H19BrCl2O. The minimum atomic E-state index is 0.220. The Bertz CT molecular complexity index is 396. The van der Waals surface area contributed by atoms with Crippen molar-refractivity contribution in [2.75, 3.05) is 6.61 Å². The highest BCUT2D eigenvalue weighted by Crippen LogP contribution is 2.41. The van der Waals surface area contributed by atoms with E-state index in [0.29, 0.717) is 28.3 Å². The monoisotopic (exact) mass is 352 g/mol. The molecular weight excluding hydrogens is 335 g/mol. The zero-order chi connectivity index (χ0) is 13.7. The Morgan fingerprint density at radius 1 is 1.22 bits per heavy atom. The maximum atomic E-state index is 6.31. The van der Waals surface area contributed by atoms with E-state index in [4.69, 9.17) is 27.9 Å². The zero-order valence-corrected chi connectivity index (χ0v) is 14.1. The molecule has 1 nitrogen and oxygen atoms in total. The average Bonchev–Trinajstić information content (AvgIpc) is 2.33. The van der Waals surface area contributed by atoms with Gasteiger partial charge in [0, 0.05) is 15.9 Å². The second-order valence-corrected chi connectivity index (χ2v) is 6.21. The van der Waals surface area contributed by atoms with Crippen LogP contribution in [0.4, 0.5) is 0 Å². The topological polar surface area (TPSA) is 9.23 Å². The van der Waals surface area contributed by atoms with Crippen LogP contribution in [0.15, 0.2) is 12.1 Å². The van der Waals surface area contributed by atoms with Gasteiger partial charge in [0.25, 0.3) is 0 Å². The highest BCUT2D eigenvalue weighted by atomic mass is 79.9. The zero-order valence-electron chi connectivity index (χ0n) is 11.0. The summed E-state index contributed by atoms with van der Waals surface area (Å²) in [7, 11) is 0. The van der Waals surface area contributed by atoms with Gasteiger partial charge in [-0.3, -0.25) is 0 Å². The highest BCUT2D eigenvalue weighted by Gasteiger charge is 2.20. The summed E-state index contributed by atoms with van der Waals surface area (Å²) < 4.78 is 5.43. The molecule has 0 aliphatic carbocycles. The SMILES string of the molecule is CCCC(C)C(Br)c1cc(Cl)c(OCC)cc1Cl. The summed E-state index contributed by atoms with van der Waals surface area (Å²) >= 11 is 16.2. The first-order valence-corrected chi connectivity index (χ1v) is 7.94. The lowest BCUT2D eigenvalue weighted by Crippen LogP contribution is -2.04. The van der Waals surface area contributed by atoms with E-state index in [1.807, 2.05) is 13.0 Å². The molecule has 1 aromatic carbocycles. The van der Waals surface area contributed by atoms with Crippen molar-refractivity contribution >= 4 is 39.1 Å². The lowest BCUT2D eigenvalue weighted by atomic mass is 9.96. The summed E-state index contributed by atoms with van der Waals surface area (Å²) in [6.07, 6.45) is 2.31. The number of hydrogen-bond acceptors (Lipinski definition) is 1. The second kappa shape index (κ2) is 7.62. The predicted octanol–water partition coefficient (Wildman–Crippen LogP) is 6.26. The first-order valence-electron chi connectivity index (χ1n) is 6.27. The van der Waals surface area contributed by atoms with Crippen molar-refractivity contribution in [3.63, 3.8) is 0 Å². The van der Waals surface area contributed by atoms with E-state index in [-0.39, 0.29) is 4.83 Å². The highest BCUT2D eigenvalue weighted by molar-refractivity contribution is 9.09. The first kappa shape index (κ1) is 16.1. The van der Waals surface area contributed by atoms with Crippen LogP contribution in [-0.4, -0.2) is 6.61 Å². The van der Waals surface area contributed by atoms with Gasteiger partial charge in [-0.2, -0.15) is 0 Å². The summed E-state index contributed by atoms with van der Waals surface area (Å²) in [6, 6.07) is 3.70. The predicted molar refractivity (Wildman–Crippen MR) is 83.4 cm³/mol. The van der Waals surface area contributed by atoms with Gasteiger partial charge >= 0.3 is 0 Å². The fraction of sp³-hybridized carbons (Fsp3) is 0.571. The van der Waals surface area contributed by atoms with Crippen LogP contribution >= 0.6 is 39.1 Å². The van der Waals surface area contributed by atoms with Crippen LogP contribution in [0.3, 0.4) is 0 Å². The van der Waals surface area contributed by atoms with E-state index in [1.54, 1.807) is 6.07 Å². The molecule has 0 saturated carbocycles. The molecule has 0 bridgehead atoms. The minimum Gasteiger partial charge on any atom is -0.492 e. The number of ether oxygens (including phenoxy) is 1. The van der Waals surface area contributed by atoms with E-state index in [1.165, 1.54) is 0 Å². The number of alkyl halides is 1. The number of rotatable bonds is 6. The van der Waals surface area contributed by atoms with Crippen molar-refractivity contribution in [2.45, 2.75) is 38.4 Å². The van der Waals surface area contributed by atoms with E-state index in [0.717, 1.165) is 18.4 Å². The molecule has 1 rings (SSSR count). The van der Waals surface area contributed by atoms with Crippen LogP contribution in [0.1, 0.15) is 44.0 Å². The molecule has 4 heteroatoms. The van der Waals surface area contributed by atoms with Gasteiger partial charge in [0.05, 0.1) is 11.6 Å². The largest absolute Gasteiger partial charge is 0.492 e. The molecule has 0 saturated heterocycles. The summed E-state index contributed by atoms with van der Waals surface area (Å²) in [6.45, 7) is 6.90. The van der Waals surface area contributed by atoms with Crippen LogP contribution in [0.5, 0.6) is 5.75 Å². The van der Waals surface area contributed by atoms with Gasteiger partial charge in [-0.25, -0.2) is 0 Å². The molecule has 0 N–H and O–H groups in total. The van der Waals surface area contributed by atoms with Gasteiger partial charge in [0.15, 0.2) is 0 Å².